The van der Waals surface area contributed by atoms with E-state index in [1.165, 1.54) is 0 Å². The number of methoxy groups -OCH3 is 2. The van der Waals surface area contributed by atoms with E-state index in [0.29, 0.717) is 0 Å². The largest absolute Gasteiger partial charge is 0.497 e. The van der Waals surface area contributed by atoms with E-state index in [-0.39, 0.29) is 18.2 Å². The van der Waals surface area contributed by atoms with Gasteiger partial charge in [0, 0.05) is 23.7 Å². The van der Waals surface area contributed by atoms with Crippen molar-refractivity contribution in [2.75, 3.05) is 14.2 Å². The quantitative estimate of drug-likeness (QED) is 0.797. The Morgan fingerprint density at radius 2 is 1.84 bits per heavy atom. The summed E-state index contributed by atoms with van der Waals surface area (Å²) in [7, 11) is 3.30. The first-order valence-electron chi connectivity index (χ1n) is 6.64. The summed E-state index contributed by atoms with van der Waals surface area (Å²) >= 11 is 0. The number of ether oxygens (including phenoxy) is 2. The highest BCUT2D eigenvalue weighted by Gasteiger charge is 2.15. The molecule has 0 spiro atoms. The van der Waals surface area contributed by atoms with Gasteiger partial charge in [0.2, 0.25) is 0 Å². The summed E-state index contributed by atoms with van der Waals surface area (Å²) in [5.74, 6) is 1.59. The molecule has 0 bridgehead atoms. The Hall–Kier alpha value is -1.26. The molecule has 0 radical (unpaired) electrons. The van der Waals surface area contributed by atoms with Gasteiger partial charge in [0.25, 0.3) is 0 Å². The fraction of sp³-hybridized carbons (Fsp3) is 0.600. The topological polar surface area (TPSA) is 50.7 Å². The number of aliphatic hydroxyl groups excluding tert-OH is 1. The van der Waals surface area contributed by atoms with E-state index in [4.69, 9.17) is 9.47 Å². The third-order valence-electron chi connectivity index (χ3n) is 3.14. The average molecular weight is 267 g/mol. The van der Waals surface area contributed by atoms with E-state index in [0.717, 1.165) is 23.5 Å². The summed E-state index contributed by atoms with van der Waals surface area (Å²) in [6.07, 6.45) is 0.426. The maximum absolute atomic E-state index is 9.39. The lowest BCUT2D eigenvalue weighted by atomic mass is 10.0. The third kappa shape index (κ3) is 4.73. The molecule has 0 aliphatic carbocycles. The molecule has 1 aromatic carbocycles. The lowest BCUT2D eigenvalue weighted by molar-refractivity contribution is 0.168. The minimum Gasteiger partial charge on any atom is -0.497 e. The first kappa shape index (κ1) is 15.8. The van der Waals surface area contributed by atoms with Gasteiger partial charge in [-0.1, -0.05) is 6.07 Å². The van der Waals surface area contributed by atoms with Gasteiger partial charge >= 0.3 is 0 Å². The number of rotatable bonds is 7. The van der Waals surface area contributed by atoms with Crippen molar-refractivity contribution in [3.05, 3.63) is 23.8 Å². The molecule has 0 amide bonds. The van der Waals surface area contributed by atoms with Gasteiger partial charge in [-0.2, -0.15) is 0 Å². The van der Waals surface area contributed by atoms with Crippen LogP contribution in [0.25, 0.3) is 0 Å². The molecular weight excluding hydrogens is 242 g/mol. The smallest absolute Gasteiger partial charge is 0.127 e. The number of benzene rings is 1. The van der Waals surface area contributed by atoms with Crippen molar-refractivity contribution in [3.63, 3.8) is 0 Å². The molecule has 19 heavy (non-hydrogen) atoms. The van der Waals surface area contributed by atoms with Crippen LogP contribution in [-0.2, 0) is 0 Å². The lowest BCUT2D eigenvalue weighted by Gasteiger charge is -2.23. The van der Waals surface area contributed by atoms with Crippen LogP contribution in [0.3, 0.4) is 0 Å². The summed E-state index contributed by atoms with van der Waals surface area (Å²) in [4.78, 5) is 0. The molecule has 4 heteroatoms. The first-order chi connectivity index (χ1) is 8.97. The second-order valence-corrected chi connectivity index (χ2v) is 4.98. The van der Waals surface area contributed by atoms with Gasteiger partial charge in [0.15, 0.2) is 0 Å². The molecule has 0 saturated heterocycles. The zero-order chi connectivity index (χ0) is 14.4. The Balaban J connectivity index is 2.78. The Morgan fingerprint density at radius 3 is 2.37 bits per heavy atom. The van der Waals surface area contributed by atoms with E-state index in [2.05, 4.69) is 19.2 Å². The van der Waals surface area contributed by atoms with Gasteiger partial charge in [0.1, 0.15) is 11.5 Å². The normalized spacial score (nSPS) is 15.7. The second kappa shape index (κ2) is 7.36. The molecule has 0 aliphatic heterocycles. The molecular formula is C15H25NO3. The van der Waals surface area contributed by atoms with Gasteiger partial charge in [-0.3, -0.25) is 0 Å². The Morgan fingerprint density at radius 1 is 1.16 bits per heavy atom. The van der Waals surface area contributed by atoms with Gasteiger partial charge < -0.3 is 19.9 Å². The van der Waals surface area contributed by atoms with Crippen LogP contribution in [0, 0.1) is 0 Å². The summed E-state index contributed by atoms with van der Waals surface area (Å²) in [5.41, 5.74) is 1.08. The van der Waals surface area contributed by atoms with Gasteiger partial charge in [-0.25, -0.2) is 0 Å². The standard InChI is InChI=1S/C15H25NO3/c1-10(8-11(2)17)16-12(3)14-7-6-13(18-4)9-15(14)19-5/h6-7,9-12,16-17H,8H2,1-5H3. The van der Waals surface area contributed by atoms with Gasteiger partial charge in [0.05, 0.1) is 20.3 Å². The van der Waals surface area contributed by atoms with Crippen molar-refractivity contribution in [1.82, 2.24) is 5.32 Å². The zero-order valence-corrected chi connectivity index (χ0v) is 12.4. The van der Waals surface area contributed by atoms with Crippen molar-refractivity contribution in [2.45, 2.75) is 45.4 Å². The Labute approximate surface area is 115 Å². The summed E-state index contributed by atoms with van der Waals surface area (Å²) < 4.78 is 10.6. The fourth-order valence-corrected chi connectivity index (χ4v) is 2.27. The van der Waals surface area contributed by atoms with Crippen molar-refractivity contribution in [3.8, 4) is 11.5 Å². The summed E-state index contributed by atoms with van der Waals surface area (Å²) in [5, 5.41) is 12.9. The Kier molecular flexibility index (Phi) is 6.12. The van der Waals surface area contributed by atoms with Gasteiger partial charge in [-0.05, 0) is 33.3 Å². The molecule has 0 aromatic heterocycles. The maximum Gasteiger partial charge on any atom is 0.127 e. The van der Waals surface area contributed by atoms with E-state index >= 15 is 0 Å². The maximum atomic E-state index is 9.39. The molecule has 0 saturated carbocycles. The zero-order valence-electron chi connectivity index (χ0n) is 12.4. The van der Waals surface area contributed by atoms with Crippen LogP contribution in [0.15, 0.2) is 18.2 Å². The fourth-order valence-electron chi connectivity index (χ4n) is 2.27. The Bertz CT molecular complexity index is 393. The van der Waals surface area contributed by atoms with Crippen molar-refractivity contribution < 1.29 is 14.6 Å². The van der Waals surface area contributed by atoms with Crippen LogP contribution in [0.1, 0.15) is 38.8 Å². The van der Waals surface area contributed by atoms with Crippen molar-refractivity contribution in [2.24, 2.45) is 0 Å². The number of hydrogen-bond donors (Lipinski definition) is 2. The van der Waals surface area contributed by atoms with Crippen LogP contribution in [0.2, 0.25) is 0 Å². The monoisotopic (exact) mass is 267 g/mol. The highest BCUT2D eigenvalue weighted by atomic mass is 16.5. The van der Waals surface area contributed by atoms with Crippen LogP contribution in [0.5, 0.6) is 11.5 Å². The average Bonchev–Trinajstić information content (AvgIpc) is 2.36. The van der Waals surface area contributed by atoms with E-state index in [9.17, 15) is 5.11 Å². The molecule has 4 nitrogen and oxygen atoms in total. The van der Waals surface area contributed by atoms with Crippen LogP contribution in [0.4, 0.5) is 0 Å². The van der Waals surface area contributed by atoms with Crippen molar-refractivity contribution >= 4 is 0 Å². The van der Waals surface area contributed by atoms with E-state index in [1.807, 2.05) is 18.2 Å². The molecule has 1 aromatic rings. The van der Waals surface area contributed by atoms with Crippen LogP contribution in [-0.4, -0.2) is 31.5 Å². The molecule has 2 N–H and O–H groups in total. The molecule has 108 valence electrons. The summed E-state index contributed by atoms with van der Waals surface area (Å²) in [6.45, 7) is 5.96. The minimum absolute atomic E-state index is 0.148. The van der Waals surface area contributed by atoms with E-state index in [1.54, 1.807) is 21.1 Å². The molecule has 0 aliphatic rings. The minimum atomic E-state index is -0.299. The predicted octanol–water partition coefficient (Wildman–Crippen LogP) is 2.51. The molecule has 0 fully saturated rings. The predicted molar refractivity (Wildman–Crippen MR) is 76.9 cm³/mol. The second-order valence-electron chi connectivity index (χ2n) is 4.98. The van der Waals surface area contributed by atoms with Crippen molar-refractivity contribution in [1.29, 1.82) is 0 Å². The van der Waals surface area contributed by atoms with Gasteiger partial charge in [-0.15, -0.1) is 0 Å². The molecule has 3 atom stereocenters. The first-order valence-corrected chi connectivity index (χ1v) is 6.64. The number of hydrogen-bond acceptors (Lipinski definition) is 4. The molecule has 1 rings (SSSR count). The molecule has 0 heterocycles. The van der Waals surface area contributed by atoms with E-state index < -0.39 is 0 Å². The summed E-state index contributed by atoms with van der Waals surface area (Å²) in [6, 6.07) is 6.20. The molecule has 3 unspecified atom stereocenters. The van der Waals surface area contributed by atoms with Crippen LogP contribution < -0.4 is 14.8 Å². The highest BCUT2D eigenvalue weighted by Crippen LogP contribution is 2.29. The third-order valence-corrected chi connectivity index (χ3v) is 3.14. The lowest BCUT2D eigenvalue weighted by Crippen LogP contribution is -2.31. The number of nitrogens with one attached hydrogen (secondary N) is 1. The van der Waals surface area contributed by atoms with Crippen LogP contribution >= 0.6 is 0 Å². The SMILES string of the molecule is COc1ccc(C(C)NC(C)CC(C)O)c(OC)c1. The number of aliphatic hydroxyl groups is 1. The highest BCUT2D eigenvalue weighted by molar-refractivity contribution is 5.42.